The van der Waals surface area contributed by atoms with Gasteiger partial charge in [0.25, 0.3) is 11.8 Å². The molecule has 2 aromatic rings. The second-order valence-corrected chi connectivity index (χ2v) is 6.02. The third kappa shape index (κ3) is 5.31. The summed E-state index contributed by atoms with van der Waals surface area (Å²) in [7, 11) is 1.28. The highest BCUT2D eigenvalue weighted by molar-refractivity contribution is 5.97. The molecule has 1 unspecified atom stereocenters. The van der Waals surface area contributed by atoms with Crippen LogP contribution in [0.3, 0.4) is 0 Å². The summed E-state index contributed by atoms with van der Waals surface area (Å²) >= 11 is 0. The number of amides is 2. The molecule has 1 atom stereocenters. The SMILES string of the molecule is COC(=O)c1ccc(C(=O)NNC(=O)C(C)Oc2ccc(C)c(C)c2)cc1. The van der Waals surface area contributed by atoms with E-state index >= 15 is 0 Å². The van der Waals surface area contributed by atoms with E-state index in [1.165, 1.54) is 31.4 Å². The Morgan fingerprint density at radius 3 is 2.11 bits per heavy atom. The number of hydrogen-bond donors (Lipinski definition) is 2. The van der Waals surface area contributed by atoms with Crippen LogP contribution in [0.5, 0.6) is 5.75 Å². The minimum Gasteiger partial charge on any atom is -0.481 e. The van der Waals surface area contributed by atoms with E-state index in [-0.39, 0.29) is 5.56 Å². The van der Waals surface area contributed by atoms with Crippen molar-refractivity contribution in [1.29, 1.82) is 0 Å². The number of aryl methyl sites for hydroxylation is 2. The molecule has 0 saturated heterocycles. The van der Waals surface area contributed by atoms with Gasteiger partial charge in [-0.15, -0.1) is 0 Å². The summed E-state index contributed by atoms with van der Waals surface area (Å²) in [6, 6.07) is 11.4. The Morgan fingerprint density at radius 1 is 0.889 bits per heavy atom. The third-order valence-electron chi connectivity index (χ3n) is 4.03. The highest BCUT2D eigenvalue weighted by Crippen LogP contribution is 2.17. The molecule has 0 spiro atoms. The predicted molar refractivity (Wildman–Crippen MR) is 99.4 cm³/mol. The molecule has 0 fully saturated rings. The van der Waals surface area contributed by atoms with Crippen molar-refractivity contribution in [2.24, 2.45) is 0 Å². The first kappa shape index (κ1) is 20.0. The molecule has 142 valence electrons. The highest BCUT2D eigenvalue weighted by atomic mass is 16.5. The van der Waals surface area contributed by atoms with Crippen LogP contribution in [0.2, 0.25) is 0 Å². The number of carbonyl (C=O) groups excluding carboxylic acids is 3. The summed E-state index contributed by atoms with van der Waals surface area (Å²) in [5, 5.41) is 0. The van der Waals surface area contributed by atoms with Crippen molar-refractivity contribution in [3.05, 3.63) is 64.7 Å². The van der Waals surface area contributed by atoms with Gasteiger partial charge in [0.05, 0.1) is 12.7 Å². The summed E-state index contributed by atoms with van der Waals surface area (Å²) in [4.78, 5) is 35.6. The zero-order valence-electron chi connectivity index (χ0n) is 15.7. The first-order valence-corrected chi connectivity index (χ1v) is 8.34. The average Bonchev–Trinajstić information content (AvgIpc) is 2.68. The molecule has 2 N–H and O–H groups in total. The largest absolute Gasteiger partial charge is 0.481 e. The Bertz CT molecular complexity index is 846. The Balaban J connectivity index is 1.89. The van der Waals surface area contributed by atoms with Crippen LogP contribution in [0.15, 0.2) is 42.5 Å². The molecule has 7 nitrogen and oxygen atoms in total. The van der Waals surface area contributed by atoms with Gasteiger partial charge in [0.1, 0.15) is 5.75 Å². The van der Waals surface area contributed by atoms with Crippen LogP contribution in [-0.4, -0.2) is 31.0 Å². The molecule has 0 aliphatic carbocycles. The van der Waals surface area contributed by atoms with E-state index in [1.54, 1.807) is 13.0 Å². The minimum atomic E-state index is -0.797. The lowest BCUT2D eigenvalue weighted by Gasteiger charge is -2.16. The molecule has 0 aromatic heterocycles. The van der Waals surface area contributed by atoms with E-state index in [2.05, 4.69) is 15.6 Å². The van der Waals surface area contributed by atoms with Gasteiger partial charge in [-0.2, -0.15) is 0 Å². The number of nitrogens with one attached hydrogen (secondary N) is 2. The Hall–Kier alpha value is -3.35. The Labute approximate surface area is 157 Å². The number of hydrazine groups is 1. The Morgan fingerprint density at radius 2 is 1.52 bits per heavy atom. The van der Waals surface area contributed by atoms with Crippen molar-refractivity contribution in [3.63, 3.8) is 0 Å². The minimum absolute atomic E-state index is 0.283. The van der Waals surface area contributed by atoms with Gasteiger partial charge >= 0.3 is 5.97 Å². The van der Waals surface area contributed by atoms with Gasteiger partial charge < -0.3 is 9.47 Å². The number of hydrogen-bond acceptors (Lipinski definition) is 5. The van der Waals surface area contributed by atoms with E-state index in [1.807, 2.05) is 26.0 Å². The van der Waals surface area contributed by atoms with E-state index < -0.39 is 23.9 Å². The van der Waals surface area contributed by atoms with E-state index in [9.17, 15) is 14.4 Å². The standard InChI is InChI=1S/C20H22N2O5/c1-12-5-10-17(11-13(12)2)27-14(3)18(23)21-22-19(24)15-6-8-16(9-7-15)20(25)26-4/h5-11,14H,1-4H3,(H,21,23)(H,22,24). The fourth-order valence-corrected chi connectivity index (χ4v) is 2.21. The van der Waals surface area contributed by atoms with E-state index in [0.29, 0.717) is 11.3 Å². The maximum Gasteiger partial charge on any atom is 0.337 e. The van der Waals surface area contributed by atoms with Crippen molar-refractivity contribution in [3.8, 4) is 5.75 Å². The molecule has 0 radical (unpaired) electrons. The fraction of sp³-hybridized carbons (Fsp3) is 0.250. The fourth-order valence-electron chi connectivity index (χ4n) is 2.21. The second kappa shape index (κ2) is 8.84. The molecule has 0 heterocycles. The first-order chi connectivity index (χ1) is 12.8. The van der Waals surface area contributed by atoms with Crippen molar-refractivity contribution < 1.29 is 23.9 Å². The summed E-state index contributed by atoms with van der Waals surface area (Å²) in [5.41, 5.74) is 7.43. The van der Waals surface area contributed by atoms with Crippen LogP contribution < -0.4 is 15.6 Å². The molecule has 0 aliphatic heterocycles. The van der Waals surface area contributed by atoms with Crippen LogP contribution >= 0.6 is 0 Å². The number of methoxy groups -OCH3 is 1. The monoisotopic (exact) mass is 370 g/mol. The van der Waals surface area contributed by atoms with Gasteiger partial charge in [0.15, 0.2) is 6.10 Å². The summed E-state index contributed by atoms with van der Waals surface area (Å²) in [6.45, 7) is 5.53. The average molecular weight is 370 g/mol. The lowest BCUT2D eigenvalue weighted by Crippen LogP contribution is -2.47. The van der Waals surface area contributed by atoms with Gasteiger partial charge in [-0.3, -0.25) is 20.4 Å². The molecule has 2 rings (SSSR count). The van der Waals surface area contributed by atoms with Crippen LogP contribution in [0.25, 0.3) is 0 Å². The topological polar surface area (TPSA) is 93.7 Å². The van der Waals surface area contributed by atoms with Gasteiger partial charge in [-0.1, -0.05) is 6.07 Å². The molecule has 0 aliphatic rings. The van der Waals surface area contributed by atoms with Gasteiger partial charge in [0, 0.05) is 5.56 Å². The maximum atomic E-state index is 12.1. The van der Waals surface area contributed by atoms with Crippen molar-refractivity contribution in [2.75, 3.05) is 7.11 Å². The molecule has 7 heteroatoms. The number of rotatable bonds is 5. The lowest BCUT2D eigenvalue weighted by molar-refractivity contribution is -0.128. The number of carbonyl (C=O) groups is 3. The molecule has 2 aromatic carbocycles. The van der Waals surface area contributed by atoms with E-state index in [0.717, 1.165) is 11.1 Å². The lowest BCUT2D eigenvalue weighted by atomic mass is 10.1. The summed E-state index contributed by atoms with van der Waals surface area (Å²) in [6.07, 6.45) is -0.797. The van der Waals surface area contributed by atoms with E-state index in [4.69, 9.17) is 4.74 Å². The normalized spacial score (nSPS) is 11.3. The van der Waals surface area contributed by atoms with Gasteiger partial charge in [0.2, 0.25) is 0 Å². The summed E-state index contributed by atoms with van der Waals surface area (Å²) < 4.78 is 10.2. The molecule has 27 heavy (non-hydrogen) atoms. The van der Waals surface area contributed by atoms with Crippen molar-refractivity contribution in [1.82, 2.24) is 10.9 Å². The van der Waals surface area contributed by atoms with Crippen molar-refractivity contribution >= 4 is 17.8 Å². The molecular weight excluding hydrogens is 348 g/mol. The molecule has 0 bridgehead atoms. The van der Waals surface area contributed by atoms with Gasteiger partial charge in [-0.25, -0.2) is 4.79 Å². The Kier molecular flexibility index (Phi) is 6.54. The second-order valence-electron chi connectivity index (χ2n) is 6.02. The number of ether oxygens (including phenoxy) is 2. The van der Waals surface area contributed by atoms with Crippen LogP contribution in [0, 0.1) is 13.8 Å². The molecule has 2 amide bonds. The predicted octanol–water partition coefficient (Wildman–Crippen LogP) is 2.32. The van der Waals surface area contributed by atoms with Crippen LogP contribution in [0.4, 0.5) is 0 Å². The highest BCUT2D eigenvalue weighted by Gasteiger charge is 2.16. The zero-order valence-corrected chi connectivity index (χ0v) is 15.7. The number of esters is 1. The number of benzene rings is 2. The maximum absolute atomic E-state index is 12.1. The third-order valence-corrected chi connectivity index (χ3v) is 4.03. The smallest absolute Gasteiger partial charge is 0.337 e. The van der Waals surface area contributed by atoms with Crippen LogP contribution in [-0.2, 0) is 9.53 Å². The quantitative estimate of drug-likeness (QED) is 0.622. The van der Waals surface area contributed by atoms with Crippen LogP contribution in [0.1, 0.15) is 38.8 Å². The van der Waals surface area contributed by atoms with Gasteiger partial charge in [-0.05, 0) is 68.3 Å². The molecule has 0 saturated carbocycles. The zero-order chi connectivity index (χ0) is 20.0. The first-order valence-electron chi connectivity index (χ1n) is 8.34. The molecular formula is C20H22N2O5. The summed E-state index contributed by atoms with van der Waals surface area (Å²) in [5.74, 6) is -0.927. The van der Waals surface area contributed by atoms with Crippen molar-refractivity contribution in [2.45, 2.75) is 26.9 Å².